The largest absolute Gasteiger partial charge is 0.481 e. The molecular formula is C8H17NO3. The summed E-state index contributed by atoms with van der Waals surface area (Å²) in [6.45, 7) is 6.34. The number of carbonyl (C=O) groups excluding carboxylic acids is 1. The third kappa shape index (κ3) is 11.7. The molecule has 4 nitrogen and oxygen atoms in total. The lowest BCUT2D eigenvalue weighted by Crippen LogP contribution is -2.22. The van der Waals surface area contributed by atoms with Gasteiger partial charge in [0.15, 0.2) is 0 Å². The van der Waals surface area contributed by atoms with Crippen LogP contribution in [0.2, 0.25) is 0 Å². The number of carboxylic acid groups (broad SMARTS) is 1. The van der Waals surface area contributed by atoms with Gasteiger partial charge in [-0.25, -0.2) is 0 Å². The Kier molecular flexibility index (Phi) is 11.2. The first-order chi connectivity index (χ1) is 5.66. The van der Waals surface area contributed by atoms with E-state index < -0.39 is 5.97 Å². The minimum atomic E-state index is -0.939. The molecule has 12 heavy (non-hydrogen) atoms. The van der Waals surface area contributed by atoms with Gasteiger partial charge in [-0.3, -0.25) is 9.59 Å². The van der Waals surface area contributed by atoms with Gasteiger partial charge in [0, 0.05) is 13.0 Å². The molecule has 0 saturated carbocycles. The number of aliphatic carboxylic acids is 1. The Morgan fingerprint density at radius 2 is 1.75 bits per heavy atom. The summed E-state index contributed by atoms with van der Waals surface area (Å²) >= 11 is 0. The van der Waals surface area contributed by atoms with Crippen LogP contribution < -0.4 is 5.32 Å². The van der Waals surface area contributed by atoms with E-state index in [1.165, 1.54) is 0 Å². The molecule has 0 unspecified atom stereocenters. The monoisotopic (exact) mass is 175 g/mol. The Morgan fingerprint density at radius 3 is 2.08 bits per heavy atom. The van der Waals surface area contributed by atoms with Gasteiger partial charge in [-0.15, -0.1) is 0 Å². The first-order valence-corrected chi connectivity index (χ1v) is 4.15. The zero-order valence-corrected chi connectivity index (χ0v) is 7.89. The third-order valence-corrected chi connectivity index (χ3v) is 0.940. The van der Waals surface area contributed by atoms with E-state index in [1.807, 2.05) is 13.8 Å². The third-order valence-electron chi connectivity index (χ3n) is 0.940. The van der Waals surface area contributed by atoms with Crippen molar-refractivity contribution >= 4 is 11.9 Å². The number of carbonyl (C=O) groups is 2. The SMILES string of the molecule is CC.CCNC(=O)CCC(=O)O. The Morgan fingerprint density at radius 1 is 1.25 bits per heavy atom. The second-order valence-electron chi connectivity index (χ2n) is 1.85. The second kappa shape index (κ2) is 9.94. The molecular weight excluding hydrogens is 158 g/mol. The van der Waals surface area contributed by atoms with Gasteiger partial charge in [-0.1, -0.05) is 13.8 Å². The molecule has 0 saturated heterocycles. The zero-order chi connectivity index (χ0) is 9.98. The van der Waals surface area contributed by atoms with Gasteiger partial charge in [0.25, 0.3) is 0 Å². The zero-order valence-electron chi connectivity index (χ0n) is 7.89. The average molecular weight is 175 g/mol. The Hall–Kier alpha value is -1.06. The smallest absolute Gasteiger partial charge is 0.303 e. The van der Waals surface area contributed by atoms with Crippen LogP contribution in [0.4, 0.5) is 0 Å². The molecule has 0 aromatic carbocycles. The number of carboxylic acids is 1. The van der Waals surface area contributed by atoms with E-state index in [0.29, 0.717) is 6.54 Å². The summed E-state index contributed by atoms with van der Waals surface area (Å²) in [7, 11) is 0. The minimum absolute atomic E-state index is 0.0726. The molecule has 0 heterocycles. The van der Waals surface area contributed by atoms with Crippen molar-refractivity contribution in [1.82, 2.24) is 5.32 Å². The number of hydrogen-bond donors (Lipinski definition) is 2. The van der Waals surface area contributed by atoms with Gasteiger partial charge < -0.3 is 10.4 Å². The van der Waals surface area contributed by atoms with Crippen LogP contribution in [0.15, 0.2) is 0 Å². The van der Waals surface area contributed by atoms with Gasteiger partial charge in [0.1, 0.15) is 0 Å². The fourth-order valence-electron chi connectivity index (χ4n) is 0.506. The molecule has 0 fully saturated rings. The first kappa shape index (κ1) is 13.5. The van der Waals surface area contributed by atoms with Crippen molar-refractivity contribution in [2.75, 3.05) is 6.54 Å². The normalized spacial score (nSPS) is 7.92. The van der Waals surface area contributed by atoms with Crippen molar-refractivity contribution < 1.29 is 14.7 Å². The van der Waals surface area contributed by atoms with Gasteiger partial charge in [0.2, 0.25) is 5.91 Å². The van der Waals surface area contributed by atoms with Crippen LogP contribution in [0.3, 0.4) is 0 Å². The van der Waals surface area contributed by atoms with E-state index in [4.69, 9.17) is 5.11 Å². The van der Waals surface area contributed by atoms with E-state index in [-0.39, 0.29) is 18.7 Å². The molecule has 0 radical (unpaired) electrons. The molecule has 4 heteroatoms. The van der Waals surface area contributed by atoms with E-state index >= 15 is 0 Å². The van der Waals surface area contributed by atoms with Crippen molar-refractivity contribution in [3.8, 4) is 0 Å². The summed E-state index contributed by atoms with van der Waals surface area (Å²) in [5, 5.41) is 10.6. The quantitative estimate of drug-likeness (QED) is 0.670. The number of rotatable bonds is 4. The van der Waals surface area contributed by atoms with Gasteiger partial charge >= 0.3 is 5.97 Å². The minimum Gasteiger partial charge on any atom is -0.481 e. The van der Waals surface area contributed by atoms with Crippen molar-refractivity contribution in [2.24, 2.45) is 0 Å². The highest BCUT2D eigenvalue weighted by molar-refractivity contribution is 5.80. The van der Waals surface area contributed by atoms with E-state index in [1.54, 1.807) is 6.92 Å². The molecule has 0 aliphatic carbocycles. The Bertz CT molecular complexity index is 134. The predicted octanol–water partition coefficient (Wildman–Crippen LogP) is 1.01. The molecule has 0 aromatic heterocycles. The summed E-state index contributed by atoms with van der Waals surface area (Å²) < 4.78 is 0. The topological polar surface area (TPSA) is 66.4 Å². The summed E-state index contributed by atoms with van der Waals surface area (Å²) in [6.07, 6.45) is -0.0188. The highest BCUT2D eigenvalue weighted by Gasteiger charge is 2.02. The molecule has 0 bridgehead atoms. The van der Waals surface area contributed by atoms with Crippen LogP contribution in [0.5, 0.6) is 0 Å². The fourth-order valence-corrected chi connectivity index (χ4v) is 0.506. The highest BCUT2D eigenvalue weighted by Crippen LogP contribution is 1.87. The van der Waals surface area contributed by atoms with E-state index in [0.717, 1.165) is 0 Å². The maximum absolute atomic E-state index is 10.6. The molecule has 2 N–H and O–H groups in total. The molecule has 0 aromatic rings. The lowest BCUT2D eigenvalue weighted by atomic mass is 10.3. The van der Waals surface area contributed by atoms with Crippen molar-refractivity contribution in [1.29, 1.82) is 0 Å². The molecule has 0 rings (SSSR count). The predicted molar refractivity (Wildman–Crippen MR) is 46.9 cm³/mol. The van der Waals surface area contributed by atoms with Crippen molar-refractivity contribution in [3.05, 3.63) is 0 Å². The van der Waals surface area contributed by atoms with Crippen LogP contribution in [0.1, 0.15) is 33.6 Å². The lowest BCUT2D eigenvalue weighted by Gasteiger charge is -1.97. The summed E-state index contributed by atoms with van der Waals surface area (Å²) in [5.41, 5.74) is 0. The number of nitrogens with one attached hydrogen (secondary N) is 1. The molecule has 72 valence electrons. The van der Waals surface area contributed by atoms with Crippen molar-refractivity contribution in [3.63, 3.8) is 0 Å². The average Bonchev–Trinajstić information content (AvgIpc) is 2.05. The molecule has 0 spiro atoms. The molecule has 0 aliphatic rings. The van der Waals surface area contributed by atoms with Crippen LogP contribution in [-0.4, -0.2) is 23.5 Å². The molecule has 1 amide bonds. The van der Waals surface area contributed by atoms with Crippen LogP contribution >= 0.6 is 0 Å². The Balaban J connectivity index is 0. The summed E-state index contributed by atoms with van der Waals surface area (Å²) in [5.74, 6) is -1.14. The maximum Gasteiger partial charge on any atom is 0.303 e. The molecule has 0 aliphatic heterocycles. The maximum atomic E-state index is 10.6. The highest BCUT2D eigenvalue weighted by atomic mass is 16.4. The van der Waals surface area contributed by atoms with Gasteiger partial charge in [-0.05, 0) is 6.92 Å². The fraction of sp³-hybridized carbons (Fsp3) is 0.750. The van der Waals surface area contributed by atoms with Gasteiger partial charge in [0.05, 0.1) is 6.42 Å². The number of amides is 1. The number of hydrogen-bond acceptors (Lipinski definition) is 2. The molecule has 0 atom stereocenters. The second-order valence-corrected chi connectivity index (χ2v) is 1.85. The van der Waals surface area contributed by atoms with Crippen LogP contribution in [0, 0.1) is 0 Å². The summed E-state index contributed by atoms with van der Waals surface area (Å²) in [6, 6.07) is 0. The van der Waals surface area contributed by atoms with Gasteiger partial charge in [-0.2, -0.15) is 0 Å². The lowest BCUT2D eigenvalue weighted by molar-refractivity contribution is -0.138. The van der Waals surface area contributed by atoms with Crippen LogP contribution in [-0.2, 0) is 9.59 Å². The standard InChI is InChI=1S/C6H11NO3.C2H6/c1-2-7-5(8)3-4-6(9)10;1-2/h2-4H2,1H3,(H,7,8)(H,9,10);1-2H3. The van der Waals surface area contributed by atoms with Crippen molar-refractivity contribution in [2.45, 2.75) is 33.6 Å². The summed E-state index contributed by atoms with van der Waals surface area (Å²) in [4.78, 5) is 20.5. The van der Waals surface area contributed by atoms with Crippen LogP contribution in [0.25, 0.3) is 0 Å². The Labute approximate surface area is 73.0 Å². The van der Waals surface area contributed by atoms with E-state index in [9.17, 15) is 9.59 Å². The van der Waals surface area contributed by atoms with E-state index in [2.05, 4.69) is 5.32 Å². The first-order valence-electron chi connectivity index (χ1n) is 4.15.